The first-order valence-electron chi connectivity index (χ1n) is 8.05. The van der Waals surface area contributed by atoms with E-state index in [4.69, 9.17) is 9.47 Å². The highest BCUT2D eigenvalue weighted by atomic mass is 16.5. The number of phenols is 1. The minimum Gasteiger partial charge on any atom is -0.502 e. The minimum atomic E-state index is -0.301. The maximum atomic E-state index is 12.4. The summed E-state index contributed by atoms with van der Waals surface area (Å²) in [6, 6.07) is 10.8. The Morgan fingerprint density at radius 1 is 1.08 bits per heavy atom. The number of benzene rings is 2. The summed E-state index contributed by atoms with van der Waals surface area (Å²) in [6.07, 6.45) is 3.26. The zero-order valence-electron chi connectivity index (χ0n) is 15.3. The van der Waals surface area contributed by atoms with Gasteiger partial charge in [0.1, 0.15) is 0 Å². The molecule has 0 heterocycles. The number of phenolic OH excluding ortho intramolecular Hbond substituents is 1. The van der Waals surface area contributed by atoms with Crippen LogP contribution in [-0.2, 0) is 5.41 Å². The van der Waals surface area contributed by atoms with E-state index in [0.717, 1.165) is 11.1 Å². The summed E-state index contributed by atoms with van der Waals surface area (Å²) >= 11 is 0. The molecule has 2 rings (SSSR count). The van der Waals surface area contributed by atoms with Gasteiger partial charge in [-0.3, -0.25) is 4.79 Å². The van der Waals surface area contributed by atoms with Crippen molar-refractivity contribution in [3.05, 3.63) is 59.2 Å². The normalized spacial score (nSPS) is 11.6. The van der Waals surface area contributed by atoms with Crippen LogP contribution in [-0.4, -0.2) is 25.1 Å². The Balaban J connectivity index is 2.56. The molecule has 2 aromatic rings. The molecule has 2 aromatic carbocycles. The highest BCUT2D eigenvalue weighted by Crippen LogP contribution is 2.46. The van der Waals surface area contributed by atoms with E-state index in [2.05, 4.69) is 0 Å². The fraction of sp³-hybridized carbons (Fsp3) is 0.286. The average Bonchev–Trinajstić information content (AvgIpc) is 2.59. The molecule has 0 bridgehead atoms. The summed E-state index contributed by atoms with van der Waals surface area (Å²) in [6.45, 7) is 6.06. The van der Waals surface area contributed by atoms with Crippen LogP contribution < -0.4 is 9.47 Å². The minimum absolute atomic E-state index is 0.0403. The number of carbonyl (C=O) groups is 1. The highest BCUT2D eigenvalue weighted by Gasteiger charge is 2.27. The first kappa shape index (κ1) is 18.6. The Morgan fingerprint density at radius 3 is 2.24 bits per heavy atom. The van der Waals surface area contributed by atoms with Crippen molar-refractivity contribution >= 4 is 11.9 Å². The molecule has 0 aliphatic heterocycles. The Hall–Kier alpha value is -2.75. The fourth-order valence-corrected chi connectivity index (χ4v) is 2.77. The topological polar surface area (TPSA) is 55.8 Å². The summed E-state index contributed by atoms with van der Waals surface area (Å²) in [5.74, 6) is 0.531. The van der Waals surface area contributed by atoms with Crippen LogP contribution in [0.1, 0.15) is 42.3 Å². The van der Waals surface area contributed by atoms with Crippen molar-refractivity contribution in [1.29, 1.82) is 0 Å². The number of hydrogen-bond acceptors (Lipinski definition) is 4. The molecule has 0 radical (unpaired) electrons. The van der Waals surface area contributed by atoms with Gasteiger partial charge in [0.15, 0.2) is 17.3 Å². The number of ketones is 1. The molecular weight excluding hydrogens is 316 g/mol. The van der Waals surface area contributed by atoms with E-state index in [1.54, 1.807) is 24.3 Å². The maximum absolute atomic E-state index is 12.4. The van der Waals surface area contributed by atoms with Crippen molar-refractivity contribution in [2.45, 2.75) is 26.2 Å². The maximum Gasteiger partial charge on any atom is 0.201 e. The third-order valence-electron chi connectivity index (χ3n) is 3.90. The number of aromatic hydroxyl groups is 1. The monoisotopic (exact) mass is 340 g/mol. The third-order valence-corrected chi connectivity index (χ3v) is 3.90. The number of rotatable bonds is 5. The van der Waals surface area contributed by atoms with Crippen molar-refractivity contribution in [2.24, 2.45) is 0 Å². The standard InChI is InChI=1S/C21H24O4/c1-21(2,3)18-15(13-17(24-4)19(23)20(18)25-5)11-12-16(22)14-9-7-6-8-10-14/h6-13,23H,1-5H3/b12-11+. The van der Waals surface area contributed by atoms with E-state index in [9.17, 15) is 9.90 Å². The van der Waals surface area contributed by atoms with E-state index in [0.29, 0.717) is 17.1 Å². The summed E-state index contributed by atoms with van der Waals surface area (Å²) in [4.78, 5) is 12.4. The third kappa shape index (κ3) is 4.02. The lowest BCUT2D eigenvalue weighted by Crippen LogP contribution is -2.15. The summed E-state index contributed by atoms with van der Waals surface area (Å²) < 4.78 is 10.7. The molecule has 132 valence electrons. The van der Waals surface area contributed by atoms with Crippen LogP contribution in [0.15, 0.2) is 42.5 Å². The predicted molar refractivity (Wildman–Crippen MR) is 99.7 cm³/mol. The zero-order chi connectivity index (χ0) is 18.6. The lowest BCUT2D eigenvalue weighted by Gasteiger charge is -2.26. The van der Waals surface area contributed by atoms with Crippen LogP contribution in [0.3, 0.4) is 0 Å². The van der Waals surface area contributed by atoms with Crippen molar-refractivity contribution in [3.8, 4) is 17.2 Å². The van der Waals surface area contributed by atoms with E-state index in [1.165, 1.54) is 20.3 Å². The van der Waals surface area contributed by atoms with Gasteiger partial charge in [0, 0.05) is 11.1 Å². The van der Waals surface area contributed by atoms with E-state index >= 15 is 0 Å². The lowest BCUT2D eigenvalue weighted by atomic mass is 9.82. The van der Waals surface area contributed by atoms with Gasteiger partial charge in [-0.25, -0.2) is 0 Å². The quantitative estimate of drug-likeness (QED) is 0.638. The molecule has 0 saturated carbocycles. The van der Waals surface area contributed by atoms with Crippen LogP contribution in [0.25, 0.3) is 6.08 Å². The van der Waals surface area contributed by atoms with Gasteiger partial charge < -0.3 is 14.6 Å². The molecule has 0 unspecified atom stereocenters. The van der Waals surface area contributed by atoms with Gasteiger partial charge in [-0.05, 0) is 23.1 Å². The summed E-state index contributed by atoms with van der Waals surface area (Å²) in [5, 5.41) is 10.4. The van der Waals surface area contributed by atoms with E-state index < -0.39 is 0 Å². The first-order chi connectivity index (χ1) is 11.8. The van der Waals surface area contributed by atoms with Crippen molar-refractivity contribution in [3.63, 3.8) is 0 Å². The molecule has 0 aliphatic carbocycles. The smallest absolute Gasteiger partial charge is 0.201 e. The fourth-order valence-electron chi connectivity index (χ4n) is 2.77. The van der Waals surface area contributed by atoms with Crippen LogP contribution >= 0.6 is 0 Å². The second-order valence-corrected chi connectivity index (χ2v) is 6.74. The van der Waals surface area contributed by atoms with Gasteiger partial charge >= 0.3 is 0 Å². The van der Waals surface area contributed by atoms with Crippen molar-refractivity contribution in [1.82, 2.24) is 0 Å². The summed E-state index contributed by atoms with van der Waals surface area (Å²) in [7, 11) is 2.99. The van der Waals surface area contributed by atoms with Crippen LogP contribution in [0.4, 0.5) is 0 Å². The molecule has 0 aliphatic rings. The Bertz CT molecular complexity index is 784. The average molecular weight is 340 g/mol. The molecule has 0 saturated heterocycles. The van der Waals surface area contributed by atoms with E-state index in [-0.39, 0.29) is 16.9 Å². The van der Waals surface area contributed by atoms with Crippen molar-refractivity contribution < 1.29 is 19.4 Å². The van der Waals surface area contributed by atoms with Gasteiger partial charge in [-0.2, -0.15) is 0 Å². The lowest BCUT2D eigenvalue weighted by molar-refractivity contribution is 0.104. The Labute approximate surface area is 148 Å². The molecule has 0 amide bonds. The number of allylic oxidation sites excluding steroid dienone is 1. The number of ether oxygens (including phenoxy) is 2. The molecule has 0 fully saturated rings. The largest absolute Gasteiger partial charge is 0.502 e. The molecule has 4 nitrogen and oxygen atoms in total. The zero-order valence-corrected chi connectivity index (χ0v) is 15.3. The van der Waals surface area contributed by atoms with Crippen LogP contribution in [0.2, 0.25) is 0 Å². The van der Waals surface area contributed by atoms with Gasteiger partial charge in [-0.1, -0.05) is 57.2 Å². The molecule has 1 N–H and O–H groups in total. The predicted octanol–water partition coefficient (Wildman–Crippen LogP) is 4.60. The number of methoxy groups -OCH3 is 2. The molecule has 0 atom stereocenters. The molecule has 25 heavy (non-hydrogen) atoms. The second kappa shape index (κ2) is 7.43. The molecule has 0 spiro atoms. The number of hydrogen-bond donors (Lipinski definition) is 1. The highest BCUT2D eigenvalue weighted by molar-refractivity contribution is 6.06. The number of carbonyl (C=O) groups excluding carboxylic acids is 1. The summed E-state index contributed by atoms with van der Waals surface area (Å²) in [5.41, 5.74) is 1.90. The molecular formula is C21H24O4. The Morgan fingerprint density at radius 2 is 1.72 bits per heavy atom. The SMILES string of the molecule is COc1cc(/C=C/C(=O)c2ccccc2)c(C(C)(C)C)c(OC)c1O. The van der Waals surface area contributed by atoms with Gasteiger partial charge in [0.25, 0.3) is 0 Å². The first-order valence-corrected chi connectivity index (χ1v) is 8.05. The van der Waals surface area contributed by atoms with Crippen LogP contribution in [0.5, 0.6) is 17.2 Å². The molecule has 4 heteroatoms. The van der Waals surface area contributed by atoms with Gasteiger partial charge in [-0.15, -0.1) is 0 Å². The molecule has 0 aromatic heterocycles. The van der Waals surface area contributed by atoms with Gasteiger partial charge in [0.2, 0.25) is 5.75 Å². The van der Waals surface area contributed by atoms with Crippen LogP contribution in [0, 0.1) is 0 Å². The second-order valence-electron chi connectivity index (χ2n) is 6.74. The van der Waals surface area contributed by atoms with Crippen molar-refractivity contribution in [2.75, 3.05) is 14.2 Å². The Kier molecular flexibility index (Phi) is 5.52. The van der Waals surface area contributed by atoms with E-state index in [1.807, 2.05) is 39.0 Å². The van der Waals surface area contributed by atoms with Gasteiger partial charge in [0.05, 0.1) is 14.2 Å².